The van der Waals surface area contributed by atoms with Crippen LogP contribution in [-0.4, -0.2) is 66.5 Å². The fourth-order valence-electron chi connectivity index (χ4n) is 5.13. The molecule has 0 unspecified atom stereocenters. The molecule has 3 aliphatic rings. The van der Waals surface area contributed by atoms with Gasteiger partial charge in [0.25, 0.3) is 5.91 Å². The molecule has 2 heterocycles. The molecular formula is C24H35N3O3. The van der Waals surface area contributed by atoms with Gasteiger partial charge < -0.3 is 19.9 Å². The van der Waals surface area contributed by atoms with Gasteiger partial charge in [-0.25, -0.2) is 0 Å². The van der Waals surface area contributed by atoms with Crippen molar-refractivity contribution in [1.29, 1.82) is 0 Å². The zero-order valence-corrected chi connectivity index (χ0v) is 18.6. The zero-order chi connectivity index (χ0) is 21.3. The average molecular weight is 414 g/mol. The first-order valence-electron chi connectivity index (χ1n) is 11.4. The largest absolute Gasteiger partial charge is 0.484 e. The van der Waals surface area contributed by atoms with E-state index in [1.165, 1.54) is 6.42 Å². The Hall–Kier alpha value is -2.08. The lowest BCUT2D eigenvalue weighted by molar-refractivity contribution is -0.123. The first-order valence-corrected chi connectivity index (χ1v) is 11.4. The lowest BCUT2D eigenvalue weighted by Crippen LogP contribution is -2.55. The van der Waals surface area contributed by atoms with Crippen LogP contribution >= 0.6 is 0 Å². The minimum absolute atomic E-state index is 0.0544. The van der Waals surface area contributed by atoms with Crippen LogP contribution in [0.1, 0.15) is 61.4 Å². The monoisotopic (exact) mass is 413 g/mol. The van der Waals surface area contributed by atoms with Crippen molar-refractivity contribution in [3.8, 4) is 5.75 Å². The van der Waals surface area contributed by atoms with E-state index in [0.29, 0.717) is 23.8 Å². The second kappa shape index (κ2) is 8.58. The van der Waals surface area contributed by atoms with Crippen LogP contribution < -0.4 is 10.1 Å². The number of hydrogen-bond donors (Lipinski definition) is 1. The fourth-order valence-corrected chi connectivity index (χ4v) is 5.13. The second-order valence-electron chi connectivity index (χ2n) is 9.68. The molecule has 2 aliphatic heterocycles. The molecule has 2 atom stereocenters. The molecule has 6 nitrogen and oxygen atoms in total. The maximum absolute atomic E-state index is 13.4. The smallest absolute Gasteiger partial charge is 0.258 e. The molecule has 2 fully saturated rings. The molecule has 1 saturated heterocycles. The van der Waals surface area contributed by atoms with Gasteiger partial charge in [0.1, 0.15) is 17.9 Å². The van der Waals surface area contributed by atoms with Crippen LogP contribution in [0.2, 0.25) is 0 Å². The number of likely N-dealkylation sites (tertiary alicyclic amines) is 1. The standard InChI is InChI=1S/C24H35N3O3/c1-17-8-9-21-19(14-17)23(29)27(16-24(30-21)10-12-26(3)13-11-24)15-22(28)25-20-7-5-4-6-18(20)2/h8-9,14,18,20H,4-7,10-13,15-16H2,1-3H3,(H,25,28)/t18-,20-/m0/s1. The molecule has 2 amide bonds. The highest BCUT2D eigenvalue weighted by Gasteiger charge is 2.43. The Balaban J connectivity index is 1.55. The molecule has 1 N–H and O–H groups in total. The van der Waals surface area contributed by atoms with Crippen LogP contribution in [0.5, 0.6) is 5.75 Å². The summed E-state index contributed by atoms with van der Waals surface area (Å²) in [5.41, 5.74) is 1.16. The van der Waals surface area contributed by atoms with Crippen molar-refractivity contribution in [2.24, 2.45) is 5.92 Å². The summed E-state index contributed by atoms with van der Waals surface area (Å²) in [5, 5.41) is 3.21. The minimum Gasteiger partial charge on any atom is -0.484 e. The summed E-state index contributed by atoms with van der Waals surface area (Å²) in [6.07, 6.45) is 6.29. The summed E-state index contributed by atoms with van der Waals surface area (Å²) in [6, 6.07) is 6.01. The van der Waals surface area contributed by atoms with Gasteiger partial charge >= 0.3 is 0 Å². The molecule has 1 aliphatic carbocycles. The Kier molecular flexibility index (Phi) is 6.05. The van der Waals surface area contributed by atoms with Gasteiger partial charge in [-0.05, 0) is 44.9 Å². The van der Waals surface area contributed by atoms with Crippen LogP contribution in [0.15, 0.2) is 18.2 Å². The Bertz CT molecular complexity index is 801. The number of rotatable bonds is 3. The Labute approximate surface area is 179 Å². The van der Waals surface area contributed by atoms with Crippen molar-refractivity contribution >= 4 is 11.8 Å². The highest BCUT2D eigenvalue weighted by molar-refractivity contribution is 5.99. The fraction of sp³-hybridized carbons (Fsp3) is 0.667. The first kappa shape index (κ1) is 21.2. The highest BCUT2D eigenvalue weighted by atomic mass is 16.5. The number of aryl methyl sites for hydroxylation is 1. The molecular weight excluding hydrogens is 378 g/mol. The van der Waals surface area contributed by atoms with Crippen molar-refractivity contribution in [2.75, 3.05) is 33.2 Å². The molecule has 164 valence electrons. The van der Waals surface area contributed by atoms with Crippen molar-refractivity contribution in [1.82, 2.24) is 15.1 Å². The van der Waals surface area contributed by atoms with E-state index in [1.807, 2.05) is 25.1 Å². The topological polar surface area (TPSA) is 61.9 Å². The summed E-state index contributed by atoms with van der Waals surface area (Å²) >= 11 is 0. The highest BCUT2D eigenvalue weighted by Crippen LogP contribution is 2.35. The Morgan fingerprint density at radius 2 is 1.97 bits per heavy atom. The average Bonchev–Trinajstić information content (AvgIpc) is 2.82. The van der Waals surface area contributed by atoms with Gasteiger partial charge in [0.15, 0.2) is 0 Å². The lowest BCUT2D eigenvalue weighted by atomic mass is 9.86. The molecule has 0 bridgehead atoms. The number of nitrogens with zero attached hydrogens (tertiary/aromatic N) is 2. The number of ether oxygens (including phenoxy) is 1. The maximum Gasteiger partial charge on any atom is 0.258 e. The van der Waals surface area contributed by atoms with Crippen LogP contribution in [0.3, 0.4) is 0 Å². The predicted molar refractivity (Wildman–Crippen MR) is 117 cm³/mol. The third kappa shape index (κ3) is 4.48. The number of nitrogens with one attached hydrogen (secondary N) is 1. The van der Waals surface area contributed by atoms with E-state index in [4.69, 9.17) is 4.74 Å². The molecule has 6 heteroatoms. The van der Waals surface area contributed by atoms with E-state index in [1.54, 1.807) is 4.90 Å². The normalized spacial score (nSPS) is 26.6. The Morgan fingerprint density at radius 3 is 2.70 bits per heavy atom. The molecule has 1 aromatic carbocycles. The van der Waals surface area contributed by atoms with Crippen LogP contribution in [-0.2, 0) is 4.79 Å². The van der Waals surface area contributed by atoms with Gasteiger partial charge in [-0.2, -0.15) is 0 Å². The van der Waals surface area contributed by atoms with E-state index in [0.717, 1.165) is 50.8 Å². The molecule has 1 spiro atoms. The molecule has 30 heavy (non-hydrogen) atoms. The van der Waals surface area contributed by atoms with Gasteiger partial charge in [0, 0.05) is 32.0 Å². The molecule has 4 rings (SSSR count). The molecule has 0 radical (unpaired) electrons. The molecule has 0 aromatic heterocycles. The number of benzene rings is 1. The quantitative estimate of drug-likeness (QED) is 0.828. The summed E-state index contributed by atoms with van der Waals surface area (Å²) in [4.78, 5) is 30.4. The van der Waals surface area contributed by atoms with E-state index in [-0.39, 0.29) is 24.4 Å². The van der Waals surface area contributed by atoms with Gasteiger partial charge in [-0.1, -0.05) is 31.4 Å². The van der Waals surface area contributed by atoms with E-state index in [2.05, 4.69) is 24.2 Å². The number of piperidine rings is 1. The van der Waals surface area contributed by atoms with Crippen molar-refractivity contribution in [3.63, 3.8) is 0 Å². The first-order chi connectivity index (χ1) is 14.3. The summed E-state index contributed by atoms with van der Waals surface area (Å²) < 4.78 is 6.52. The third-order valence-corrected chi connectivity index (χ3v) is 7.15. The molecule has 1 saturated carbocycles. The second-order valence-corrected chi connectivity index (χ2v) is 9.68. The minimum atomic E-state index is -0.429. The Morgan fingerprint density at radius 1 is 1.23 bits per heavy atom. The van der Waals surface area contributed by atoms with Crippen molar-refractivity contribution in [2.45, 2.75) is 64.0 Å². The number of carbonyl (C=O) groups is 2. The number of carbonyl (C=O) groups excluding carboxylic acids is 2. The zero-order valence-electron chi connectivity index (χ0n) is 18.6. The third-order valence-electron chi connectivity index (χ3n) is 7.15. The van der Waals surface area contributed by atoms with E-state index in [9.17, 15) is 9.59 Å². The van der Waals surface area contributed by atoms with Gasteiger partial charge in [-0.3, -0.25) is 9.59 Å². The summed E-state index contributed by atoms with van der Waals surface area (Å²) in [5.74, 6) is 0.992. The summed E-state index contributed by atoms with van der Waals surface area (Å²) in [6.45, 7) is 6.59. The van der Waals surface area contributed by atoms with Crippen molar-refractivity contribution < 1.29 is 14.3 Å². The number of hydrogen-bond acceptors (Lipinski definition) is 4. The van der Waals surface area contributed by atoms with Gasteiger partial charge in [0.2, 0.25) is 5.91 Å². The lowest BCUT2D eigenvalue weighted by Gasteiger charge is -2.41. The van der Waals surface area contributed by atoms with E-state index < -0.39 is 5.60 Å². The number of fused-ring (bicyclic) bond motifs is 1. The maximum atomic E-state index is 13.4. The van der Waals surface area contributed by atoms with Crippen LogP contribution in [0.25, 0.3) is 0 Å². The number of amides is 2. The van der Waals surface area contributed by atoms with Gasteiger partial charge in [-0.15, -0.1) is 0 Å². The summed E-state index contributed by atoms with van der Waals surface area (Å²) in [7, 11) is 2.11. The van der Waals surface area contributed by atoms with Crippen LogP contribution in [0, 0.1) is 12.8 Å². The SMILES string of the molecule is Cc1ccc2c(c1)C(=O)N(CC(=O)N[C@H]1CCCC[C@@H]1C)CC1(CCN(C)CC1)O2. The van der Waals surface area contributed by atoms with Gasteiger partial charge in [0.05, 0.1) is 12.1 Å². The van der Waals surface area contributed by atoms with Crippen molar-refractivity contribution in [3.05, 3.63) is 29.3 Å². The predicted octanol–water partition coefficient (Wildman–Crippen LogP) is 2.99. The molecule has 1 aromatic rings. The van der Waals surface area contributed by atoms with Crippen LogP contribution in [0.4, 0.5) is 0 Å². The van der Waals surface area contributed by atoms with E-state index >= 15 is 0 Å².